The normalized spacial score (nSPS) is 30.1. The zero-order chi connectivity index (χ0) is 11.4. The summed E-state index contributed by atoms with van der Waals surface area (Å²) < 4.78 is 0. The molecule has 0 atom stereocenters. The summed E-state index contributed by atoms with van der Waals surface area (Å²) in [6.45, 7) is 0.505. The second kappa shape index (κ2) is 5.92. The molecule has 0 saturated heterocycles. The summed E-state index contributed by atoms with van der Waals surface area (Å²) in [6.07, 6.45) is 9.58. The Hall–Kier alpha value is -0.220. The van der Waals surface area contributed by atoms with E-state index in [1.54, 1.807) is 0 Å². The van der Waals surface area contributed by atoms with Crippen LogP contribution < -0.4 is 10.6 Å². The van der Waals surface area contributed by atoms with E-state index < -0.39 is 0 Å². The number of rotatable bonds is 5. The van der Waals surface area contributed by atoms with E-state index in [2.05, 4.69) is 16.9 Å². The van der Waals surface area contributed by atoms with E-state index in [9.17, 15) is 4.79 Å². The van der Waals surface area contributed by atoms with Gasteiger partial charge in [-0.05, 0) is 44.8 Å². The van der Waals surface area contributed by atoms with Gasteiger partial charge < -0.3 is 10.6 Å². The van der Waals surface area contributed by atoms with Crippen LogP contribution in [0.15, 0.2) is 0 Å². The highest BCUT2D eigenvalue weighted by atomic mass is 32.2. The summed E-state index contributed by atoms with van der Waals surface area (Å²) in [7, 11) is 0. The maximum Gasteiger partial charge on any atom is 0.234 e. The lowest BCUT2D eigenvalue weighted by molar-refractivity contribution is -0.120. The molecule has 2 fully saturated rings. The lowest BCUT2D eigenvalue weighted by Gasteiger charge is -2.27. The fourth-order valence-corrected chi connectivity index (χ4v) is 2.99. The van der Waals surface area contributed by atoms with Crippen molar-refractivity contribution in [3.63, 3.8) is 0 Å². The first-order valence-corrected chi connectivity index (χ1v) is 7.62. The highest BCUT2D eigenvalue weighted by molar-refractivity contribution is 7.99. The van der Waals surface area contributed by atoms with E-state index in [1.807, 2.05) is 11.8 Å². The number of hydrogen-bond acceptors (Lipinski definition) is 3. The molecule has 0 aliphatic heterocycles. The van der Waals surface area contributed by atoms with Crippen molar-refractivity contribution < 1.29 is 4.79 Å². The molecule has 2 saturated carbocycles. The molecule has 0 unspecified atom stereocenters. The second-order valence-electron chi connectivity index (χ2n) is 4.93. The highest BCUT2D eigenvalue weighted by Gasteiger charge is 2.24. The SMILES string of the molecule is CSC1CCC(NCC(=O)NC2CC2)CC1. The van der Waals surface area contributed by atoms with Gasteiger partial charge in [-0.2, -0.15) is 11.8 Å². The Bertz CT molecular complexity index is 235. The van der Waals surface area contributed by atoms with Crippen LogP contribution in [-0.2, 0) is 4.79 Å². The van der Waals surface area contributed by atoms with Gasteiger partial charge in [-0.15, -0.1) is 0 Å². The summed E-state index contributed by atoms with van der Waals surface area (Å²) in [4.78, 5) is 11.5. The monoisotopic (exact) mass is 242 g/mol. The van der Waals surface area contributed by atoms with Gasteiger partial charge in [-0.1, -0.05) is 0 Å². The maximum atomic E-state index is 11.5. The molecule has 0 radical (unpaired) electrons. The first-order chi connectivity index (χ1) is 7.78. The Kier molecular flexibility index (Phi) is 4.53. The zero-order valence-corrected chi connectivity index (χ0v) is 10.8. The van der Waals surface area contributed by atoms with Crippen LogP contribution in [0.2, 0.25) is 0 Å². The molecule has 2 N–H and O–H groups in total. The van der Waals surface area contributed by atoms with Gasteiger partial charge in [0.05, 0.1) is 6.54 Å². The van der Waals surface area contributed by atoms with E-state index in [0.717, 1.165) is 5.25 Å². The molecular weight excluding hydrogens is 220 g/mol. The Labute approximate surface area is 102 Å². The first kappa shape index (κ1) is 12.2. The van der Waals surface area contributed by atoms with Crippen LogP contribution in [0.3, 0.4) is 0 Å². The summed E-state index contributed by atoms with van der Waals surface area (Å²) >= 11 is 1.98. The third-order valence-corrected chi connectivity index (χ3v) is 4.64. The van der Waals surface area contributed by atoms with Gasteiger partial charge in [0.25, 0.3) is 0 Å². The molecule has 0 spiro atoms. The molecule has 1 amide bonds. The minimum atomic E-state index is 0.175. The summed E-state index contributed by atoms with van der Waals surface area (Å²) in [5.41, 5.74) is 0. The third-order valence-electron chi connectivity index (χ3n) is 3.50. The van der Waals surface area contributed by atoms with Crippen molar-refractivity contribution in [2.24, 2.45) is 0 Å². The lowest BCUT2D eigenvalue weighted by atomic mass is 9.95. The van der Waals surface area contributed by atoms with Crippen LogP contribution in [0.5, 0.6) is 0 Å². The van der Waals surface area contributed by atoms with Crippen molar-refractivity contribution in [1.82, 2.24) is 10.6 Å². The molecule has 0 aromatic heterocycles. The molecule has 92 valence electrons. The third kappa shape index (κ3) is 3.98. The molecule has 2 aliphatic rings. The van der Waals surface area contributed by atoms with Crippen molar-refractivity contribution >= 4 is 17.7 Å². The molecule has 2 aliphatic carbocycles. The molecule has 0 bridgehead atoms. The Morgan fingerprint density at radius 1 is 1.12 bits per heavy atom. The van der Waals surface area contributed by atoms with Crippen molar-refractivity contribution in [2.75, 3.05) is 12.8 Å². The fourth-order valence-electron chi connectivity index (χ4n) is 2.25. The Morgan fingerprint density at radius 3 is 2.31 bits per heavy atom. The number of carbonyl (C=O) groups excluding carboxylic acids is 1. The molecule has 0 heterocycles. The lowest BCUT2D eigenvalue weighted by Crippen LogP contribution is -2.41. The van der Waals surface area contributed by atoms with Gasteiger partial charge in [0.1, 0.15) is 0 Å². The maximum absolute atomic E-state index is 11.5. The van der Waals surface area contributed by atoms with Crippen molar-refractivity contribution in [3.8, 4) is 0 Å². The summed E-state index contributed by atoms with van der Waals surface area (Å²) in [6, 6.07) is 1.05. The van der Waals surface area contributed by atoms with E-state index in [0.29, 0.717) is 18.6 Å². The van der Waals surface area contributed by atoms with Crippen molar-refractivity contribution in [2.45, 2.75) is 55.9 Å². The number of thioether (sulfide) groups is 1. The molecule has 3 nitrogen and oxygen atoms in total. The van der Waals surface area contributed by atoms with E-state index in [4.69, 9.17) is 0 Å². The zero-order valence-electron chi connectivity index (χ0n) is 10.00. The van der Waals surface area contributed by atoms with E-state index in [-0.39, 0.29) is 5.91 Å². The smallest absolute Gasteiger partial charge is 0.234 e. The quantitative estimate of drug-likeness (QED) is 0.768. The van der Waals surface area contributed by atoms with Gasteiger partial charge in [0.2, 0.25) is 5.91 Å². The minimum absolute atomic E-state index is 0.175. The molecule has 0 aromatic rings. The van der Waals surface area contributed by atoms with Gasteiger partial charge >= 0.3 is 0 Å². The molecule has 2 rings (SSSR count). The molecule has 4 heteroatoms. The predicted molar refractivity (Wildman–Crippen MR) is 68.7 cm³/mol. The largest absolute Gasteiger partial charge is 0.352 e. The first-order valence-electron chi connectivity index (χ1n) is 6.33. The van der Waals surface area contributed by atoms with Gasteiger partial charge in [0, 0.05) is 17.3 Å². The Balaban J connectivity index is 1.57. The van der Waals surface area contributed by atoms with Crippen LogP contribution in [0.4, 0.5) is 0 Å². The summed E-state index contributed by atoms with van der Waals surface area (Å²) in [5.74, 6) is 0.175. The van der Waals surface area contributed by atoms with Gasteiger partial charge in [-0.25, -0.2) is 0 Å². The number of amides is 1. The summed E-state index contributed by atoms with van der Waals surface area (Å²) in [5, 5.41) is 7.23. The van der Waals surface area contributed by atoms with Crippen LogP contribution in [-0.4, -0.2) is 36.0 Å². The molecule has 0 aromatic carbocycles. The second-order valence-corrected chi connectivity index (χ2v) is 6.07. The fraction of sp³-hybridized carbons (Fsp3) is 0.917. The minimum Gasteiger partial charge on any atom is -0.352 e. The molecule has 16 heavy (non-hydrogen) atoms. The number of carbonyl (C=O) groups is 1. The average Bonchev–Trinajstić information content (AvgIpc) is 3.11. The topological polar surface area (TPSA) is 41.1 Å². The number of nitrogens with one attached hydrogen (secondary N) is 2. The van der Waals surface area contributed by atoms with Gasteiger partial charge in [-0.3, -0.25) is 4.79 Å². The average molecular weight is 242 g/mol. The van der Waals surface area contributed by atoms with E-state index >= 15 is 0 Å². The molecular formula is C12H22N2OS. The van der Waals surface area contributed by atoms with Crippen LogP contribution in [0.25, 0.3) is 0 Å². The van der Waals surface area contributed by atoms with Crippen LogP contribution in [0, 0.1) is 0 Å². The van der Waals surface area contributed by atoms with Gasteiger partial charge in [0.15, 0.2) is 0 Å². The van der Waals surface area contributed by atoms with E-state index in [1.165, 1.54) is 38.5 Å². The van der Waals surface area contributed by atoms with Crippen molar-refractivity contribution in [3.05, 3.63) is 0 Å². The Morgan fingerprint density at radius 2 is 1.75 bits per heavy atom. The van der Waals surface area contributed by atoms with Crippen molar-refractivity contribution in [1.29, 1.82) is 0 Å². The highest BCUT2D eigenvalue weighted by Crippen LogP contribution is 2.26. The predicted octanol–water partition coefficient (Wildman–Crippen LogP) is 1.53. The standard InChI is InChI=1S/C12H22N2OS/c1-16-11-6-4-9(5-7-11)13-8-12(15)14-10-2-3-10/h9-11,13H,2-8H2,1H3,(H,14,15). The van der Waals surface area contributed by atoms with Crippen LogP contribution in [0.1, 0.15) is 38.5 Å². The number of hydrogen-bond donors (Lipinski definition) is 2. The van der Waals surface area contributed by atoms with Crippen LogP contribution >= 0.6 is 11.8 Å².